The Kier molecular flexibility index (Phi) is 8.31. The molecule has 194 valence electrons. The molecular formula is C21H26ClN7O6S. The highest BCUT2D eigenvalue weighted by Gasteiger charge is 2.34. The number of aromatic nitrogens is 6. The number of methoxy groups -OCH3 is 2. The maximum atomic E-state index is 13.4. The van der Waals surface area contributed by atoms with Gasteiger partial charge in [-0.1, -0.05) is 17.7 Å². The van der Waals surface area contributed by atoms with Crippen LogP contribution in [0.2, 0.25) is 5.02 Å². The van der Waals surface area contributed by atoms with E-state index in [1.807, 2.05) is 0 Å². The van der Waals surface area contributed by atoms with E-state index < -0.39 is 21.4 Å². The van der Waals surface area contributed by atoms with E-state index in [2.05, 4.69) is 29.9 Å². The second kappa shape index (κ2) is 11.4. The molecule has 0 bridgehead atoms. The van der Waals surface area contributed by atoms with E-state index in [-0.39, 0.29) is 24.4 Å². The van der Waals surface area contributed by atoms with E-state index in [0.29, 0.717) is 42.2 Å². The predicted molar refractivity (Wildman–Crippen MR) is 129 cm³/mol. The largest absolute Gasteiger partial charge is 0.481 e. The maximum absolute atomic E-state index is 13.4. The van der Waals surface area contributed by atoms with Crippen molar-refractivity contribution in [1.29, 1.82) is 0 Å². The average molecular weight is 540 g/mol. The third kappa shape index (κ3) is 5.90. The van der Waals surface area contributed by atoms with Gasteiger partial charge in [-0.15, -0.1) is 10.2 Å². The first-order valence-electron chi connectivity index (χ1n) is 11.0. The Morgan fingerprint density at radius 1 is 1.22 bits per heavy atom. The number of pyridine rings is 1. The van der Waals surface area contributed by atoms with Crippen LogP contribution < -0.4 is 9.46 Å². The molecule has 1 fully saturated rings. The van der Waals surface area contributed by atoms with Gasteiger partial charge in [0.25, 0.3) is 0 Å². The summed E-state index contributed by atoms with van der Waals surface area (Å²) in [7, 11) is -1.18. The fourth-order valence-corrected chi connectivity index (χ4v) is 4.85. The highest BCUT2D eigenvalue weighted by molar-refractivity contribution is 7.93. The summed E-state index contributed by atoms with van der Waals surface area (Å²) in [5.41, 5.74) is 0.446. The average Bonchev–Trinajstić information content (AvgIpc) is 3.27. The van der Waals surface area contributed by atoms with Crippen LogP contribution >= 0.6 is 11.6 Å². The normalized spacial score (nSPS) is 17.9. The van der Waals surface area contributed by atoms with Gasteiger partial charge in [0, 0.05) is 25.6 Å². The summed E-state index contributed by atoms with van der Waals surface area (Å²) in [6.45, 7) is 2.96. The first kappa shape index (κ1) is 26.2. The zero-order chi connectivity index (χ0) is 25.7. The number of sulfonamides is 1. The molecule has 0 saturated carbocycles. The Hall–Kier alpha value is -2.91. The third-order valence-corrected chi connectivity index (χ3v) is 7.37. The fraction of sp³-hybridized carbons (Fsp3) is 0.476. The molecule has 3 atom stereocenters. The summed E-state index contributed by atoms with van der Waals surface area (Å²) >= 11 is 5.86. The molecule has 1 aliphatic rings. The van der Waals surface area contributed by atoms with Crippen molar-refractivity contribution in [2.75, 3.05) is 38.8 Å². The Bertz CT molecular complexity index is 1270. The van der Waals surface area contributed by atoms with Gasteiger partial charge in [-0.05, 0) is 13.0 Å². The van der Waals surface area contributed by atoms with Crippen molar-refractivity contribution in [3.63, 3.8) is 0 Å². The predicted octanol–water partition coefficient (Wildman–Crippen LogP) is 1.73. The van der Waals surface area contributed by atoms with Crippen molar-refractivity contribution in [1.82, 2.24) is 29.7 Å². The minimum atomic E-state index is -4.06. The minimum Gasteiger partial charge on any atom is -0.481 e. The number of rotatable bonds is 10. The molecule has 0 radical (unpaired) electrons. The zero-order valence-electron chi connectivity index (χ0n) is 19.9. The van der Waals surface area contributed by atoms with Crippen LogP contribution in [0.25, 0.3) is 11.5 Å². The van der Waals surface area contributed by atoms with Crippen LogP contribution in [0.4, 0.5) is 5.95 Å². The number of halogens is 1. The third-order valence-electron chi connectivity index (χ3n) is 5.48. The Morgan fingerprint density at radius 2 is 2.00 bits per heavy atom. The SMILES string of the molecule is COc1cccc(-c2nnc(NS(=O)(=O)C(C)C(OC)c3ncc(Cl)cn3)n2C[C@H]2COCCO2)n1. The highest BCUT2D eigenvalue weighted by atomic mass is 35.5. The van der Waals surface area contributed by atoms with Crippen LogP contribution in [-0.2, 0) is 30.8 Å². The lowest BCUT2D eigenvalue weighted by atomic mass is 10.2. The van der Waals surface area contributed by atoms with E-state index in [0.717, 1.165) is 0 Å². The summed E-state index contributed by atoms with van der Waals surface area (Å²) in [6.07, 6.45) is 1.44. The van der Waals surface area contributed by atoms with Gasteiger partial charge in [-0.2, -0.15) is 0 Å². The molecule has 0 aliphatic carbocycles. The van der Waals surface area contributed by atoms with Crippen molar-refractivity contribution in [3.05, 3.63) is 41.4 Å². The van der Waals surface area contributed by atoms with E-state index in [4.69, 9.17) is 30.5 Å². The number of anilines is 1. The molecule has 15 heteroatoms. The summed E-state index contributed by atoms with van der Waals surface area (Å²) in [5, 5.41) is 7.54. The number of nitrogens with zero attached hydrogens (tertiary/aromatic N) is 6. The summed E-state index contributed by atoms with van der Waals surface area (Å²) < 4.78 is 52.8. The topological polar surface area (TPSA) is 152 Å². The molecular weight excluding hydrogens is 514 g/mol. The molecule has 2 unspecified atom stereocenters. The van der Waals surface area contributed by atoms with E-state index in [9.17, 15) is 8.42 Å². The number of hydrogen-bond donors (Lipinski definition) is 1. The van der Waals surface area contributed by atoms with Gasteiger partial charge in [0.05, 0.1) is 44.6 Å². The molecule has 0 aromatic carbocycles. The first-order chi connectivity index (χ1) is 17.3. The quantitative estimate of drug-likeness (QED) is 0.400. The minimum absolute atomic E-state index is 0.0116. The van der Waals surface area contributed by atoms with Crippen LogP contribution in [0.1, 0.15) is 18.9 Å². The van der Waals surface area contributed by atoms with Crippen molar-refractivity contribution >= 4 is 27.6 Å². The Labute approximate surface area is 213 Å². The van der Waals surface area contributed by atoms with Gasteiger partial charge in [0.2, 0.25) is 21.9 Å². The molecule has 1 N–H and O–H groups in total. The van der Waals surface area contributed by atoms with Crippen LogP contribution in [0.3, 0.4) is 0 Å². The lowest BCUT2D eigenvalue weighted by Gasteiger charge is -2.25. The molecule has 36 heavy (non-hydrogen) atoms. The van der Waals surface area contributed by atoms with E-state index in [1.165, 1.54) is 33.5 Å². The van der Waals surface area contributed by atoms with Gasteiger partial charge in [-0.25, -0.2) is 23.4 Å². The van der Waals surface area contributed by atoms with E-state index in [1.54, 1.807) is 22.8 Å². The number of ether oxygens (including phenoxy) is 4. The molecule has 1 aliphatic heterocycles. The lowest BCUT2D eigenvalue weighted by molar-refractivity contribution is -0.0932. The van der Waals surface area contributed by atoms with Crippen LogP contribution in [-0.4, -0.2) is 83.5 Å². The van der Waals surface area contributed by atoms with Gasteiger partial charge < -0.3 is 18.9 Å². The molecule has 3 aromatic heterocycles. The van der Waals surface area contributed by atoms with Gasteiger partial charge in [-0.3, -0.25) is 9.29 Å². The maximum Gasteiger partial charge on any atom is 0.240 e. The van der Waals surface area contributed by atoms with E-state index >= 15 is 0 Å². The Morgan fingerprint density at radius 3 is 2.67 bits per heavy atom. The monoisotopic (exact) mass is 539 g/mol. The van der Waals surface area contributed by atoms with Crippen molar-refractivity contribution in [2.45, 2.75) is 30.9 Å². The molecule has 4 rings (SSSR count). The smallest absolute Gasteiger partial charge is 0.240 e. The highest BCUT2D eigenvalue weighted by Crippen LogP contribution is 2.27. The zero-order valence-corrected chi connectivity index (χ0v) is 21.4. The second-order valence-electron chi connectivity index (χ2n) is 7.86. The van der Waals surface area contributed by atoms with Crippen LogP contribution in [0.15, 0.2) is 30.6 Å². The van der Waals surface area contributed by atoms with Gasteiger partial charge in [0.15, 0.2) is 11.6 Å². The van der Waals surface area contributed by atoms with Crippen LogP contribution in [0.5, 0.6) is 5.88 Å². The van der Waals surface area contributed by atoms with Crippen LogP contribution in [0, 0.1) is 0 Å². The molecule has 0 amide bonds. The molecule has 3 aromatic rings. The van der Waals surface area contributed by atoms with Gasteiger partial charge in [0.1, 0.15) is 17.0 Å². The number of nitrogens with one attached hydrogen (secondary N) is 1. The summed E-state index contributed by atoms with van der Waals surface area (Å²) in [6, 6.07) is 5.17. The summed E-state index contributed by atoms with van der Waals surface area (Å²) in [4.78, 5) is 12.6. The number of hydrogen-bond acceptors (Lipinski definition) is 11. The van der Waals surface area contributed by atoms with Gasteiger partial charge >= 0.3 is 0 Å². The molecule has 4 heterocycles. The fourth-order valence-electron chi connectivity index (χ4n) is 3.60. The van der Waals surface area contributed by atoms with Crippen molar-refractivity contribution in [3.8, 4) is 17.4 Å². The molecule has 0 spiro atoms. The standard InChI is InChI=1S/C21H26ClN7O6S/c1-13(18(33-3)19-23-9-14(22)10-24-19)36(30,31)28-21-27-26-20(16-5-4-6-17(25-16)32-2)29(21)11-15-12-34-7-8-35-15/h4-6,9-10,13,15,18H,7-8,11-12H2,1-3H3,(H,27,28)/t13?,15-,18?/m0/s1. The van der Waals surface area contributed by atoms with Crippen molar-refractivity contribution in [2.24, 2.45) is 0 Å². The van der Waals surface area contributed by atoms with Crippen molar-refractivity contribution < 1.29 is 27.4 Å². The summed E-state index contributed by atoms with van der Waals surface area (Å²) in [5.74, 6) is 0.872. The Balaban J connectivity index is 1.66. The lowest BCUT2D eigenvalue weighted by Crippen LogP contribution is -2.35. The molecule has 1 saturated heterocycles. The first-order valence-corrected chi connectivity index (χ1v) is 12.9. The second-order valence-corrected chi connectivity index (χ2v) is 10.3. The molecule has 13 nitrogen and oxygen atoms in total.